The lowest BCUT2D eigenvalue weighted by Gasteiger charge is -2.44. The van der Waals surface area contributed by atoms with Crippen LogP contribution in [0.25, 0.3) is 0 Å². The molecule has 0 spiro atoms. The van der Waals surface area contributed by atoms with Crippen molar-refractivity contribution >= 4 is 0 Å². The molecule has 0 atom stereocenters. The quantitative estimate of drug-likeness (QED) is 0.812. The van der Waals surface area contributed by atoms with Gasteiger partial charge in [-0.15, -0.1) is 0 Å². The number of piperidine rings is 1. The van der Waals surface area contributed by atoms with Crippen LogP contribution in [0, 0.1) is 5.41 Å². The second kappa shape index (κ2) is 6.97. The van der Waals surface area contributed by atoms with E-state index in [1.165, 1.54) is 84.0 Å². The van der Waals surface area contributed by atoms with Gasteiger partial charge in [-0.2, -0.15) is 0 Å². The molecule has 1 heterocycles. The van der Waals surface area contributed by atoms with Crippen molar-refractivity contribution in [2.75, 3.05) is 40.3 Å². The molecule has 0 radical (unpaired) electrons. The molecule has 3 aliphatic rings. The lowest BCUT2D eigenvalue weighted by atomic mass is 9.73. The summed E-state index contributed by atoms with van der Waals surface area (Å²) in [6.45, 7) is 5.15. The third-order valence-corrected chi connectivity index (χ3v) is 6.15. The van der Waals surface area contributed by atoms with Crippen LogP contribution in [-0.4, -0.2) is 62.2 Å². The highest BCUT2D eigenvalue weighted by atomic mass is 15.2. The Morgan fingerprint density at radius 2 is 1.71 bits per heavy atom. The lowest BCUT2D eigenvalue weighted by molar-refractivity contribution is 0.0678. The van der Waals surface area contributed by atoms with Crippen LogP contribution in [0.5, 0.6) is 0 Å². The molecule has 0 aromatic heterocycles. The molecule has 0 unspecified atom stereocenters. The van der Waals surface area contributed by atoms with Gasteiger partial charge in [0.1, 0.15) is 0 Å². The number of hydrogen-bond acceptors (Lipinski definition) is 3. The fourth-order valence-corrected chi connectivity index (χ4v) is 4.43. The Hall–Kier alpha value is -0.120. The molecule has 3 heteroatoms. The fraction of sp³-hybridized carbons (Fsp3) is 1.00. The van der Waals surface area contributed by atoms with Gasteiger partial charge in [0.05, 0.1) is 0 Å². The van der Waals surface area contributed by atoms with E-state index in [1.54, 1.807) is 0 Å². The molecular formula is C18H35N3. The van der Waals surface area contributed by atoms with E-state index < -0.39 is 0 Å². The maximum atomic E-state index is 3.85. The standard InChI is InChI=1S/C18H35N3/c1-20-12-8-17(9-13-20)21(2)15-18(10-4-3-5-11-18)14-19-16-6-7-16/h16-17,19H,3-15H2,1-2H3. The van der Waals surface area contributed by atoms with E-state index in [9.17, 15) is 0 Å². The zero-order valence-electron chi connectivity index (χ0n) is 14.2. The minimum atomic E-state index is 0.568. The van der Waals surface area contributed by atoms with Crippen molar-refractivity contribution in [1.29, 1.82) is 0 Å². The van der Waals surface area contributed by atoms with Crippen molar-refractivity contribution in [3.05, 3.63) is 0 Å². The van der Waals surface area contributed by atoms with E-state index in [0.29, 0.717) is 5.41 Å². The minimum absolute atomic E-state index is 0.568. The summed E-state index contributed by atoms with van der Waals surface area (Å²) in [5.74, 6) is 0. The molecule has 0 aromatic carbocycles. The van der Waals surface area contributed by atoms with Crippen molar-refractivity contribution in [2.45, 2.75) is 69.9 Å². The maximum Gasteiger partial charge on any atom is 0.0117 e. The first-order valence-electron chi connectivity index (χ1n) is 9.29. The molecule has 122 valence electrons. The molecule has 1 N–H and O–H groups in total. The molecule has 3 rings (SSSR count). The average molecular weight is 293 g/mol. The summed E-state index contributed by atoms with van der Waals surface area (Å²) in [5, 5.41) is 3.85. The first-order valence-corrected chi connectivity index (χ1v) is 9.29. The monoisotopic (exact) mass is 293 g/mol. The number of nitrogens with zero attached hydrogens (tertiary/aromatic N) is 2. The minimum Gasteiger partial charge on any atom is -0.313 e. The molecule has 1 saturated heterocycles. The molecule has 2 aliphatic carbocycles. The second-order valence-corrected chi connectivity index (χ2v) is 8.17. The molecule has 0 aromatic rings. The van der Waals surface area contributed by atoms with Crippen molar-refractivity contribution in [2.24, 2.45) is 5.41 Å². The Labute approximate surface area is 131 Å². The molecule has 3 fully saturated rings. The third-order valence-electron chi connectivity index (χ3n) is 6.15. The summed E-state index contributed by atoms with van der Waals surface area (Å²) < 4.78 is 0. The first-order chi connectivity index (χ1) is 10.2. The van der Waals surface area contributed by atoms with Crippen molar-refractivity contribution in [3.8, 4) is 0 Å². The highest BCUT2D eigenvalue weighted by Gasteiger charge is 2.36. The fourth-order valence-electron chi connectivity index (χ4n) is 4.43. The van der Waals surface area contributed by atoms with E-state index in [0.717, 1.165) is 12.1 Å². The van der Waals surface area contributed by atoms with E-state index >= 15 is 0 Å². The highest BCUT2D eigenvalue weighted by molar-refractivity contribution is 4.92. The summed E-state index contributed by atoms with van der Waals surface area (Å²) in [4.78, 5) is 5.20. The number of rotatable bonds is 6. The van der Waals surface area contributed by atoms with Crippen LogP contribution < -0.4 is 5.32 Å². The topological polar surface area (TPSA) is 18.5 Å². The van der Waals surface area contributed by atoms with Crippen molar-refractivity contribution < 1.29 is 0 Å². The number of nitrogens with one attached hydrogen (secondary N) is 1. The van der Waals surface area contributed by atoms with Crippen molar-refractivity contribution in [1.82, 2.24) is 15.1 Å². The van der Waals surface area contributed by atoms with Crippen LogP contribution in [-0.2, 0) is 0 Å². The van der Waals surface area contributed by atoms with Crippen LogP contribution in [0.3, 0.4) is 0 Å². The molecule has 3 nitrogen and oxygen atoms in total. The van der Waals surface area contributed by atoms with Crippen molar-refractivity contribution in [3.63, 3.8) is 0 Å². The van der Waals surface area contributed by atoms with E-state index in [4.69, 9.17) is 0 Å². The van der Waals surface area contributed by atoms with Gasteiger partial charge in [0.2, 0.25) is 0 Å². The number of hydrogen-bond donors (Lipinski definition) is 1. The molecule has 21 heavy (non-hydrogen) atoms. The van der Waals surface area contributed by atoms with E-state index in [-0.39, 0.29) is 0 Å². The van der Waals surface area contributed by atoms with Gasteiger partial charge < -0.3 is 15.1 Å². The Morgan fingerprint density at radius 1 is 1.05 bits per heavy atom. The van der Waals surface area contributed by atoms with Crippen LogP contribution in [0.4, 0.5) is 0 Å². The summed E-state index contributed by atoms with van der Waals surface area (Å²) in [7, 11) is 4.65. The zero-order chi connectivity index (χ0) is 14.7. The zero-order valence-corrected chi connectivity index (χ0v) is 14.2. The van der Waals surface area contributed by atoms with Gasteiger partial charge in [0.25, 0.3) is 0 Å². The number of likely N-dealkylation sites (tertiary alicyclic amines) is 1. The highest BCUT2D eigenvalue weighted by Crippen LogP contribution is 2.38. The van der Waals surface area contributed by atoms with Crippen LogP contribution >= 0.6 is 0 Å². The molecular weight excluding hydrogens is 258 g/mol. The smallest absolute Gasteiger partial charge is 0.0117 e. The van der Waals surface area contributed by atoms with Gasteiger partial charge in [-0.1, -0.05) is 19.3 Å². The average Bonchev–Trinajstić information content (AvgIpc) is 3.31. The maximum absolute atomic E-state index is 3.85. The van der Waals surface area contributed by atoms with Gasteiger partial charge in [0, 0.05) is 25.2 Å². The van der Waals surface area contributed by atoms with Gasteiger partial charge in [-0.25, -0.2) is 0 Å². The molecule has 1 aliphatic heterocycles. The van der Waals surface area contributed by atoms with E-state index in [1.807, 2.05) is 0 Å². The second-order valence-electron chi connectivity index (χ2n) is 8.17. The summed E-state index contributed by atoms with van der Waals surface area (Å²) in [6.07, 6.45) is 12.8. The largest absolute Gasteiger partial charge is 0.313 e. The van der Waals surface area contributed by atoms with Crippen LogP contribution in [0.2, 0.25) is 0 Å². The van der Waals surface area contributed by atoms with Gasteiger partial charge in [0.15, 0.2) is 0 Å². The Kier molecular flexibility index (Phi) is 5.23. The first kappa shape index (κ1) is 15.8. The molecule has 2 saturated carbocycles. The molecule has 0 bridgehead atoms. The van der Waals surface area contributed by atoms with E-state index in [2.05, 4.69) is 29.2 Å². The van der Waals surface area contributed by atoms with Gasteiger partial charge >= 0.3 is 0 Å². The van der Waals surface area contributed by atoms with Crippen LogP contribution in [0.15, 0.2) is 0 Å². The lowest BCUT2D eigenvalue weighted by Crippen LogP contribution is -2.49. The van der Waals surface area contributed by atoms with Gasteiger partial charge in [-0.3, -0.25) is 0 Å². The van der Waals surface area contributed by atoms with Crippen LogP contribution in [0.1, 0.15) is 57.8 Å². The summed E-state index contributed by atoms with van der Waals surface area (Å²) in [6, 6.07) is 1.68. The Balaban J connectivity index is 1.54. The summed E-state index contributed by atoms with van der Waals surface area (Å²) >= 11 is 0. The predicted molar refractivity (Wildman–Crippen MR) is 89.7 cm³/mol. The predicted octanol–water partition coefficient (Wildman–Crippen LogP) is 2.71. The van der Waals surface area contributed by atoms with Gasteiger partial charge in [-0.05, 0) is 71.1 Å². The summed E-state index contributed by atoms with van der Waals surface area (Å²) in [5.41, 5.74) is 0.568. The Bertz CT molecular complexity index is 312. The SMILES string of the molecule is CN1CCC(N(C)CC2(CNC3CC3)CCCCC2)CC1. The normalized spacial score (nSPS) is 28.1. The third kappa shape index (κ3) is 4.43. The Morgan fingerprint density at radius 3 is 2.33 bits per heavy atom. The molecule has 0 amide bonds.